The molecule has 0 N–H and O–H groups in total. The molecule has 0 spiro atoms. The van der Waals surface area contributed by atoms with E-state index in [2.05, 4.69) is 9.98 Å². The van der Waals surface area contributed by atoms with E-state index >= 15 is 0 Å². The van der Waals surface area contributed by atoms with Crippen LogP contribution in [0.4, 0.5) is 0 Å². The van der Waals surface area contributed by atoms with Crippen molar-refractivity contribution in [3.05, 3.63) is 36.4 Å². The maximum absolute atomic E-state index is 4.14. The molecule has 3 heteroatoms. The zero-order chi connectivity index (χ0) is 8.10. The van der Waals surface area contributed by atoms with Crippen molar-refractivity contribution in [3.63, 3.8) is 0 Å². The Kier molecular flexibility index (Phi) is 2.60. The van der Waals surface area contributed by atoms with Gasteiger partial charge in [-0.25, -0.2) is 4.99 Å². The van der Waals surface area contributed by atoms with Gasteiger partial charge < -0.3 is 4.57 Å². The third-order valence-electron chi connectivity index (χ3n) is 1.28. The Bertz CT molecular complexity index is 309. The number of hydrogen-bond donors (Lipinski definition) is 0. The minimum Gasteiger partial charge on any atom is -0.333 e. The monoisotopic (exact) mass is 149 g/mol. The van der Waals surface area contributed by atoms with E-state index in [0.717, 1.165) is 5.49 Å². The zero-order valence-corrected chi connectivity index (χ0v) is 6.73. The van der Waals surface area contributed by atoms with Crippen molar-refractivity contribution < 1.29 is 0 Å². The summed E-state index contributed by atoms with van der Waals surface area (Å²) < 4.78 is 1.91. The molecule has 0 fully saturated rings. The van der Waals surface area contributed by atoms with Crippen LogP contribution in [0.25, 0.3) is 0 Å². The van der Waals surface area contributed by atoms with Crippen LogP contribution in [0.3, 0.4) is 0 Å². The van der Waals surface area contributed by atoms with Crippen LogP contribution >= 0.6 is 0 Å². The Morgan fingerprint density at radius 3 is 3.09 bits per heavy atom. The van der Waals surface area contributed by atoms with Gasteiger partial charge >= 0.3 is 0 Å². The van der Waals surface area contributed by atoms with Gasteiger partial charge in [0.15, 0.2) is 5.49 Å². The molecule has 0 saturated heterocycles. The van der Waals surface area contributed by atoms with Gasteiger partial charge in [-0.05, 0) is 6.92 Å². The summed E-state index contributed by atoms with van der Waals surface area (Å²) in [5, 5.41) is 0. The summed E-state index contributed by atoms with van der Waals surface area (Å²) in [5.74, 6) is 0. The van der Waals surface area contributed by atoms with Crippen LogP contribution in [-0.4, -0.2) is 9.55 Å². The molecule has 11 heavy (non-hydrogen) atoms. The van der Waals surface area contributed by atoms with E-state index in [0.29, 0.717) is 0 Å². The maximum atomic E-state index is 4.14. The predicted octanol–water partition coefficient (Wildman–Crippen LogP) is 0.854. The maximum Gasteiger partial charge on any atom is 0.150 e. The SMILES string of the molecule is C/C=C\N=c1cnccn1C. The van der Waals surface area contributed by atoms with Crippen LogP contribution in [0.5, 0.6) is 0 Å². The Labute approximate surface area is 65.7 Å². The third kappa shape index (κ3) is 2.04. The number of aromatic nitrogens is 2. The molecule has 0 aliphatic carbocycles. The number of nitrogens with zero attached hydrogens (tertiary/aromatic N) is 3. The van der Waals surface area contributed by atoms with Crippen LogP contribution in [0, 0.1) is 0 Å². The molecule has 58 valence electrons. The molecular weight excluding hydrogens is 138 g/mol. The van der Waals surface area contributed by atoms with Gasteiger partial charge in [-0.3, -0.25) is 4.98 Å². The molecule has 1 rings (SSSR count). The highest BCUT2D eigenvalue weighted by Crippen LogP contribution is 1.73. The molecule has 0 saturated carbocycles. The fourth-order valence-corrected chi connectivity index (χ4v) is 0.691. The minimum atomic E-state index is 0.852. The molecule has 0 bridgehead atoms. The highest BCUT2D eigenvalue weighted by molar-refractivity contribution is 4.82. The summed E-state index contributed by atoms with van der Waals surface area (Å²) in [7, 11) is 1.93. The molecule has 0 unspecified atom stereocenters. The molecule has 1 aromatic rings. The number of rotatable bonds is 1. The smallest absolute Gasteiger partial charge is 0.150 e. The summed E-state index contributed by atoms with van der Waals surface area (Å²) in [6.45, 7) is 1.93. The predicted molar refractivity (Wildman–Crippen MR) is 43.6 cm³/mol. The van der Waals surface area contributed by atoms with Gasteiger partial charge in [-0.1, -0.05) is 6.08 Å². The van der Waals surface area contributed by atoms with Gasteiger partial charge in [0.1, 0.15) is 0 Å². The van der Waals surface area contributed by atoms with Crippen molar-refractivity contribution in [2.24, 2.45) is 12.0 Å². The summed E-state index contributed by atoms with van der Waals surface area (Å²) in [5.41, 5.74) is 0.852. The second-order valence-corrected chi connectivity index (χ2v) is 2.16. The van der Waals surface area contributed by atoms with Crippen LogP contribution in [-0.2, 0) is 7.05 Å². The molecule has 0 aliphatic rings. The quantitative estimate of drug-likeness (QED) is 0.582. The van der Waals surface area contributed by atoms with Crippen LogP contribution < -0.4 is 5.49 Å². The van der Waals surface area contributed by atoms with Crippen molar-refractivity contribution in [2.75, 3.05) is 0 Å². The average Bonchev–Trinajstić information content (AvgIpc) is 2.03. The molecule has 0 amide bonds. The molecule has 0 aromatic carbocycles. The van der Waals surface area contributed by atoms with E-state index in [1.54, 1.807) is 18.6 Å². The summed E-state index contributed by atoms with van der Waals surface area (Å²) in [4.78, 5) is 8.09. The zero-order valence-electron chi connectivity index (χ0n) is 6.73. The van der Waals surface area contributed by atoms with Crippen molar-refractivity contribution in [3.8, 4) is 0 Å². The molecule has 0 aliphatic heterocycles. The molecule has 1 heterocycles. The molecule has 3 nitrogen and oxygen atoms in total. The Balaban J connectivity index is 3.13. The van der Waals surface area contributed by atoms with Gasteiger partial charge in [0.25, 0.3) is 0 Å². The lowest BCUT2D eigenvalue weighted by Crippen LogP contribution is -2.16. The van der Waals surface area contributed by atoms with Gasteiger partial charge in [0, 0.05) is 25.6 Å². The van der Waals surface area contributed by atoms with Crippen LogP contribution in [0.2, 0.25) is 0 Å². The van der Waals surface area contributed by atoms with Gasteiger partial charge in [0.05, 0.1) is 6.20 Å². The lowest BCUT2D eigenvalue weighted by atomic mass is 10.6. The molecule has 0 atom stereocenters. The minimum absolute atomic E-state index is 0.852. The normalized spacial score (nSPS) is 12.7. The van der Waals surface area contributed by atoms with E-state index in [-0.39, 0.29) is 0 Å². The molecule has 0 radical (unpaired) electrons. The highest BCUT2D eigenvalue weighted by atomic mass is 15.0. The molecule has 1 aromatic heterocycles. The fraction of sp³-hybridized carbons (Fsp3) is 0.250. The highest BCUT2D eigenvalue weighted by Gasteiger charge is 1.80. The van der Waals surface area contributed by atoms with Crippen molar-refractivity contribution in [1.29, 1.82) is 0 Å². The first-order valence-electron chi connectivity index (χ1n) is 3.46. The van der Waals surface area contributed by atoms with E-state index in [1.165, 1.54) is 0 Å². The summed E-state index contributed by atoms with van der Waals surface area (Å²) in [6, 6.07) is 0. The molecular formula is C8H11N3. The standard InChI is InChI=1S/C8H11N3/c1-3-4-10-8-7-9-5-6-11(8)2/h3-7H,1-2H3/b4-3-,10-8?. The summed E-state index contributed by atoms with van der Waals surface area (Å²) >= 11 is 0. The topological polar surface area (TPSA) is 30.2 Å². The van der Waals surface area contributed by atoms with Gasteiger partial charge in [-0.2, -0.15) is 0 Å². The number of hydrogen-bond acceptors (Lipinski definition) is 2. The first-order chi connectivity index (χ1) is 5.34. The number of aryl methyl sites for hydroxylation is 1. The first kappa shape index (κ1) is 7.72. The van der Waals surface area contributed by atoms with Crippen molar-refractivity contribution in [1.82, 2.24) is 9.55 Å². The van der Waals surface area contributed by atoms with Gasteiger partial charge in [-0.15, -0.1) is 0 Å². The number of allylic oxidation sites excluding steroid dienone is 1. The Morgan fingerprint density at radius 2 is 2.45 bits per heavy atom. The van der Waals surface area contributed by atoms with Crippen LogP contribution in [0.1, 0.15) is 6.92 Å². The third-order valence-corrected chi connectivity index (χ3v) is 1.28. The van der Waals surface area contributed by atoms with E-state index in [9.17, 15) is 0 Å². The lowest BCUT2D eigenvalue weighted by molar-refractivity contribution is 0.815. The summed E-state index contributed by atoms with van der Waals surface area (Å²) in [6.07, 6.45) is 8.95. The second kappa shape index (κ2) is 3.71. The van der Waals surface area contributed by atoms with Crippen LogP contribution in [0.15, 0.2) is 35.9 Å². The average molecular weight is 149 g/mol. The Hall–Kier alpha value is -1.38. The first-order valence-corrected chi connectivity index (χ1v) is 3.46. The van der Waals surface area contributed by atoms with E-state index in [1.807, 2.05) is 30.8 Å². The van der Waals surface area contributed by atoms with Crippen molar-refractivity contribution >= 4 is 0 Å². The lowest BCUT2D eigenvalue weighted by Gasteiger charge is -1.94. The van der Waals surface area contributed by atoms with E-state index in [4.69, 9.17) is 0 Å². The van der Waals surface area contributed by atoms with E-state index < -0.39 is 0 Å². The largest absolute Gasteiger partial charge is 0.333 e. The van der Waals surface area contributed by atoms with Crippen molar-refractivity contribution in [2.45, 2.75) is 6.92 Å². The van der Waals surface area contributed by atoms with Gasteiger partial charge in [0.2, 0.25) is 0 Å². The second-order valence-electron chi connectivity index (χ2n) is 2.16. The Morgan fingerprint density at radius 1 is 1.64 bits per heavy atom. The fourth-order valence-electron chi connectivity index (χ4n) is 0.691.